The number of pyridine rings is 1. The predicted octanol–water partition coefficient (Wildman–Crippen LogP) is 9.11. The van der Waals surface area contributed by atoms with Gasteiger partial charge in [0.25, 0.3) is 0 Å². The van der Waals surface area contributed by atoms with E-state index in [0.29, 0.717) is 0 Å². The third-order valence-electron chi connectivity index (χ3n) is 9.86. The van der Waals surface area contributed by atoms with Crippen LogP contribution in [0.2, 0.25) is 0 Å². The quantitative estimate of drug-likeness (QED) is 0.213. The summed E-state index contributed by atoms with van der Waals surface area (Å²) in [7, 11) is 0. The highest BCUT2D eigenvalue weighted by molar-refractivity contribution is 6.12. The topological polar surface area (TPSA) is 38.9 Å². The number of hydrogen-bond acceptors (Lipinski definition) is 3. The molecule has 2 aliphatic rings. The lowest BCUT2D eigenvalue weighted by Gasteiger charge is -2.42. The Kier molecular flexibility index (Phi) is 4.68. The molecule has 9 rings (SSSR count). The Balaban J connectivity index is 1.36. The fraction of sp³-hybridized carbons (Fsp3) is 0.158. The van der Waals surface area contributed by atoms with E-state index in [1.165, 1.54) is 55.4 Å². The van der Waals surface area contributed by atoms with E-state index in [1.54, 1.807) is 0 Å². The van der Waals surface area contributed by atoms with Crippen molar-refractivity contribution in [2.45, 2.75) is 38.5 Å². The molecule has 208 valence electrons. The zero-order valence-corrected chi connectivity index (χ0v) is 24.7. The molecule has 5 heterocycles. The summed E-state index contributed by atoms with van der Waals surface area (Å²) < 4.78 is 4.33. The normalized spacial score (nSPS) is 15.8. The first kappa shape index (κ1) is 24.4. The fourth-order valence-corrected chi connectivity index (χ4v) is 7.67. The highest BCUT2D eigenvalue weighted by atomic mass is 15.3. The van der Waals surface area contributed by atoms with Crippen LogP contribution in [0.1, 0.15) is 49.9 Å². The lowest BCUT2D eigenvalue weighted by atomic mass is 9.73. The second kappa shape index (κ2) is 8.23. The van der Waals surface area contributed by atoms with Gasteiger partial charge in [-0.2, -0.15) is 5.10 Å². The van der Waals surface area contributed by atoms with E-state index in [4.69, 9.17) is 4.98 Å². The van der Waals surface area contributed by atoms with Crippen molar-refractivity contribution in [1.29, 1.82) is 0 Å². The van der Waals surface area contributed by atoms with Crippen molar-refractivity contribution < 1.29 is 0 Å². The maximum atomic E-state index is 4.97. The molecule has 0 spiro atoms. The average Bonchev–Trinajstić information content (AvgIpc) is 3.67. The highest BCUT2D eigenvalue weighted by Gasteiger charge is 2.38. The Labute approximate surface area is 250 Å². The van der Waals surface area contributed by atoms with Gasteiger partial charge in [-0.3, -0.25) is 4.57 Å². The Morgan fingerprint density at radius 1 is 0.581 bits per heavy atom. The number of rotatable bonds is 2. The van der Waals surface area contributed by atoms with E-state index >= 15 is 0 Å². The molecule has 5 nitrogen and oxygen atoms in total. The zero-order valence-electron chi connectivity index (χ0n) is 24.7. The fourth-order valence-electron chi connectivity index (χ4n) is 7.67. The molecule has 0 unspecified atom stereocenters. The molecule has 0 fully saturated rings. The van der Waals surface area contributed by atoms with E-state index in [1.807, 2.05) is 29.3 Å². The van der Waals surface area contributed by atoms with Crippen molar-refractivity contribution in [2.24, 2.45) is 0 Å². The maximum Gasteiger partial charge on any atom is 0.141 e. The molecule has 0 saturated carbocycles. The van der Waals surface area contributed by atoms with Gasteiger partial charge in [0.05, 0.1) is 28.1 Å². The zero-order chi connectivity index (χ0) is 29.1. The maximum absolute atomic E-state index is 4.97. The number of anilines is 3. The van der Waals surface area contributed by atoms with Gasteiger partial charge in [0, 0.05) is 51.4 Å². The number of aromatic nitrogens is 4. The second-order valence-electron chi connectivity index (χ2n) is 12.9. The largest absolute Gasteiger partial charge is 0.310 e. The molecule has 0 amide bonds. The number of fused-ring (bicyclic) bond motifs is 7. The summed E-state index contributed by atoms with van der Waals surface area (Å²) in [5.41, 5.74) is 11.8. The lowest BCUT2D eigenvalue weighted by Crippen LogP contribution is -2.30. The SMILES string of the molecule is CC1(C)c2ccccc2N(c2ccc3c4cccc5c4n(c3c2)-c2ncccc2C5(C)C)c2cc(-n3cccn3)ccc21. The Hall–Kier alpha value is -5.16. The van der Waals surface area contributed by atoms with Gasteiger partial charge in [-0.1, -0.05) is 82.3 Å². The summed E-state index contributed by atoms with van der Waals surface area (Å²) in [6.45, 7) is 9.29. The molecule has 0 aliphatic carbocycles. The van der Waals surface area contributed by atoms with Crippen LogP contribution >= 0.6 is 0 Å². The van der Waals surface area contributed by atoms with Crippen LogP contribution in [0.5, 0.6) is 0 Å². The number of nitrogens with zero attached hydrogens (tertiary/aromatic N) is 5. The molecule has 43 heavy (non-hydrogen) atoms. The Morgan fingerprint density at radius 2 is 1.35 bits per heavy atom. The van der Waals surface area contributed by atoms with Gasteiger partial charge in [-0.05, 0) is 59.2 Å². The van der Waals surface area contributed by atoms with Crippen molar-refractivity contribution in [3.05, 3.63) is 138 Å². The molecular weight excluding hydrogens is 526 g/mol. The molecule has 0 radical (unpaired) electrons. The van der Waals surface area contributed by atoms with Gasteiger partial charge >= 0.3 is 0 Å². The van der Waals surface area contributed by atoms with Crippen LogP contribution in [0.3, 0.4) is 0 Å². The standard InChI is InChI=1S/C38H31N5/c1-37(2)28-11-5-6-14-32(28)42(34-22-24(16-18-29(34)37)41-21-9-20-40-41)25-15-17-26-27-10-7-12-30-35(27)43(33(26)23-25)36-31(38(30,3)4)13-8-19-39-36/h5-23H,1-4H3. The van der Waals surface area contributed by atoms with Crippen molar-refractivity contribution in [2.75, 3.05) is 4.90 Å². The third-order valence-corrected chi connectivity index (χ3v) is 9.86. The summed E-state index contributed by atoms with van der Waals surface area (Å²) in [4.78, 5) is 7.40. The van der Waals surface area contributed by atoms with E-state index in [9.17, 15) is 0 Å². The van der Waals surface area contributed by atoms with Crippen LogP contribution in [0, 0.1) is 0 Å². The lowest BCUT2D eigenvalue weighted by molar-refractivity contribution is 0.624. The predicted molar refractivity (Wildman–Crippen MR) is 175 cm³/mol. The second-order valence-corrected chi connectivity index (χ2v) is 12.9. The highest BCUT2D eigenvalue weighted by Crippen LogP contribution is 2.53. The van der Waals surface area contributed by atoms with Crippen LogP contribution in [-0.4, -0.2) is 19.3 Å². The molecular formula is C38H31N5. The molecule has 0 saturated heterocycles. The smallest absolute Gasteiger partial charge is 0.141 e. The van der Waals surface area contributed by atoms with Crippen molar-refractivity contribution in [1.82, 2.24) is 19.3 Å². The Morgan fingerprint density at radius 3 is 2.21 bits per heavy atom. The van der Waals surface area contributed by atoms with Crippen molar-refractivity contribution in [3.63, 3.8) is 0 Å². The van der Waals surface area contributed by atoms with E-state index in [-0.39, 0.29) is 10.8 Å². The summed E-state index contributed by atoms with van der Waals surface area (Å²) in [6.07, 6.45) is 5.75. The van der Waals surface area contributed by atoms with Gasteiger partial charge in [0.1, 0.15) is 5.82 Å². The number of benzene rings is 4. The first-order valence-corrected chi connectivity index (χ1v) is 14.9. The average molecular weight is 558 g/mol. The monoisotopic (exact) mass is 557 g/mol. The molecule has 4 aromatic carbocycles. The van der Waals surface area contributed by atoms with Crippen LogP contribution in [0.4, 0.5) is 17.1 Å². The first-order valence-electron chi connectivity index (χ1n) is 14.9. The minimum absolute atomic E-state index is 0.143. The summed E-state index contributed by atoms with van der Waals surface area (Å²) in [5, 5.41) is 7.05. The van der Waals surface area contributed by atoms with Crippen LogP contribution in [-0.2, 0) is 10.8 Å². The minimum atomic E-state index is -0.158. The van der Waals surface area contributed by atoms with Gasteiger partial charge < -0.3 is 4.90 Å². The summed E-state index contributed by atoms with van der Waals surface area (Å²) in [6, 6.07) is 35.5. The molecule has 0 N–H and O–H groups in total. The minimum Gasteiger partial charge on any atom is -0.310 e. The summed E-state index contributed by atoms with van der Waals surface area (Å²) in [5.74, 6) is 1.02. The molecule has 7 aromatic rings. The van der Waals surface area contributed by atoms with Crippen molar-refractivity contribution >= 4 is 38.9 Å². The van der Waals surface area contributed by atoms with Gasteiger partial charge in [0.2, 0.25) is 0 Å². The first-order chi connectivity index (χ1) is 20.9. The molecule has 0 atom stereocenters. The van der Waals surface area contributed by atoms with Crippen LogP contribution in [0.25, 0.3) is 33.3 Å². The van der Waals surface area contributed by atoms with Crippen molar-refractivity contribution in [3.8, 4) is 11.5 Å². The Bertz CT molecular complexity index is 2250. The number of para-hydroxylation sites is 2. The molecule has 2 aliphatic heterocycles. The van der Waals surface area contributed by atoms with Gasteiger partial charge in [-0.25, -0.2) is 9.67 Å². The van der Waals surface area contributed by atoms with Gasteiger partial charge in [0.15, 0.2) is 0 Å². The van der Waals surface area contributed by atoms with E-state index in [2.05, 4.69) is 133 Å². The molecule has 0 bridgehead atoms. The molecule has 5 heteroatoms. The molecule has 3 aromatic heterocycles. The van der Waals surface area contributed by atoms with E-state index in [0.717, 1.165) is 17.2 Å². The van der Waals surface area contributed by atoms with Crippen LogP contribution < -0.4 is 4.90 Å². The van der Waals surface area contributed by atoms with E-state index < -0.39 is 0 Å². The summed E-state index contributed by atoms with van der Waals surface area (Å²) >= 11 is 0. The third kappa shape index (κ3) is 3.11. The van der Waals surface area contributed by atoms with Crippen LogP contribution in [0.15, 0.2) is 116 Å². The number of hydrogen-bond donors (Lipinski definition) is 0. The van der Waals surface area contributed by atoms with Gasteiger partial charge in [-0.15, -0.1) is 0 Å².